The molecule has 0 unspecified atom stereocenters. The van der Waals surface area contributed by atoms with Crippen LogP contribution in [0.25, 0.3) is 0 Å². The summed E-state index contributed by atoms with van der Waals surface area (Å²) in [7, 11) is 1.63. The van der Waals surface area contributed by atoms with E-state index in [2.05, 4.69) is 34.6 Å². The predicted octanol–water partition coefficient (Wildman–Crippen LogP) is 2.47. The summed E-state index contributed by atoms with van der Waals surface area (Å²) in [5, 5.41) is 3.23. The number of carbonyl (C=O) groups excluding carboxylic acids is 1. The van der Waals surface area contributed by atoms with E-state index < -0.39 is 0 Å². The highest BCUT2D eigenvalue weighted by Crippen LogP contribution is 2.36. The number of hydrogen-bond acceptors (Lipinski definition) is 5. The number of aliphatic imine (C=N–C) groups is 1. The zero-order valence-electron chi connectivity index (χ0n) is 15.6. The molecular formula is C22H21N3O3. The van der Waals surface area contributed by atoms with Crippen LogP contribution in [-0.4, -0.2) is 38.4 Å². The number of ether oxygens (including phenoxy) is 2. The van der Waals surface area contributed by atoms with Gasteiger partial charge in [-0.1, -0.05) is 24.3 Å². The molecule has 0 saturated carbocycles. The zero-order chi connectivity index (χ0) is 19.1. The van der Waals surface area contributed by atoms with Gasteiger partial charge in [0.1, 0.15) is 11.8 Å². The van der Waals surface area contributed by atoms with Crippen LogP contribution in [0.3, 0.4) is 0 Å². The van der Waals surface area contributed by atoms with E-state index in [1.165, 1.54) is 11.1 Å². The van der Waals surface area contributed by atoms with Crippen molar-refractivity contribution in [3.8, 4) is 11.5 Å². The SMILES string of the molecule is COc1ccc(N2CC3=C(N=CCN3)C2=O)cc1OC1Cc2ccccc2C1. The van der Waals surface area contributed by atoms with Gasteiger partial charge in [-0.2, -0.15) is 0 Å². The van der Waals surface area contributed by atoms with Crippen LogP contribution in [0.15, 0.2) is 58.9 Å². The minimum absolute atomic E-state index is 0.0634. The fourth-order valence-electron chi connectivity index (χ4n) is 4.06. The van der Waals surface area contributed by atoms with Crippen LogP contribution in [0.4, 0.5) is 5.69 Å². The Bertz CT molecular complexity index is 987. The maximum Gasteiger partial charge on any atom is 0.279 e. The van der Waals surface area contributed by atoms with Crippen LogP contribution in [0.1, 0.15) is 11.1 Å². The average molecular weight is 375 g/mol. The highest BCUT2D eigenvalue weighted by atomic mass is 16.5. The van der Waals surface area contributed by atoms with E-state index >= 15 is 0 Å². The Labute approximate surface area is 163 Å². The Hall–Kier alpha value is -3.28. The lowest BCUT2D eigenvalue weighted by molar-refractivity contribution is -0.114. The van der Waals surface area contributed by atoms with E-state index in [-0.39, 0.29) is 12.0 Å². The van der Waals surface area contributed by atoms with Crippen LogP contribution < -0.4 is 19.7 Å². The van der Waals surface area contributed by atoms with Gasteiger partial charge in [-0.15, -0.1) is 0 Å². The third-order valence-electron chi connectivity index (χ3n) is 5.44. The Balaban J connectivity index is 1.39. The normalized spacial score (nSPS) is 18.2. The van der Waals surface area contributed by atoms with Gasteiger partial charge in [0.15, 0.2) is 11.5 Å². The van der Waals surface area contributed by atoms with E-state index in [0.29, 0.717) is 30.3 Å². The summed E-state index contributed by atoms with van der Waals surface area (Å²) < 4.78 is 11.8. The first-order valence-electron chi connectivity index (χ1n) is 9.46. The van der Waals surface area contributed by atoms with Crippen LogP contribution in [0.2, 0.25) is 0 Å². The highest BCUT2D eigenvalue weighted by Gasteiger charge is 2.33. The summed E-state index contributed by atoms with van der Waals surface area (Å²) in [6, 6.07) is 14.1. The van der Waals surface area contributed by atoms with E-state index in [1.54, 1.807) is 18.2 Å². The molecule has 2 aromatic carbocycles. The fourth-order valence-corrected chi connectivity index (χ4v) is 4.06. The van der Waals surface area contributed by atoms with Crippen molar-refractivity contribution in [2.24, 2.45) is 4.99 Å². The van der Waals surface area contributed by atoms with Crippen LogP contribution >= 0.6 is 0 Å². The van der Waals surface area contributed by atoms with Crippen LogP contribution in [0, 0.1) is 0 Å². The summed E-state index contributed by atoms with van der Waals surface area (Å²) in [4.78, 5) is 18.7. The summed E-state index contributed by atoms with van der Waals surface area (Å²) in [5.74, 6) is 1.23. The molecule has 1 amide bonds. The van der Waals surface area contributed by atoms with Gasteiger partial charge in [0.2, 0.25) is 0 Å². The zero-order valence-corrected chi connectivity index (χ0v) is 15.6. The molecule has 6 nitrogen and oxygen atoms in total. The maximum atomic E-state index is 12.7. The summed E-state index contributed by atoms with van der Waals surface area (Å²) in [6.07, 6.45) is 3.54. The molecule has 3 aliphatic rings. The summed E-state index contributed by atoms with van der Waals surface area (Å²) in [5.41, 5.74) is 4.81. The number of rotatable bonds is 4. The van der Waals surface area contributed by atoms with Gasteiger partial charge < -0.3 is 19.7 Å². The first-order chi connectivity index (χ1) is 13.7. The first-order valence-corrected chi connectivity index (χ1v) is 9.46. The topological polar surface area (TPSA) is 63.2 Å². The van der Waals surface area contributed by atoms with Crippen molar-refractivity contribution in [3.63, 3.8) is 0 Å². The standard InChI is InChI=1S/C22H21N3O3/c1-27-19-7-6-16(25-13-18-21(22(25)26)24-9-8-23-18)12-20(19)28-17-10-14-4-2-3-5-15(14)11-17/h2-7,9,12,17,23H,8,10-11,13H2,1H3. The van der Waals surface area contributed by atoms with Crippen molar-refractivity contribution in [1.82, 2.24) is 5.32 Å². The molecule has 2 heterocycles. The monoisotopic (exact) mass is 375 g/mol. The third kappa shape index (κ3) is 2.81. The smallest absolute Gasteiger partial charge is 0.279 e. The molecule has 5 rings (SSSR count). The van der Waals surface area contributed by atoms with Gasteiger partial charge in [-0.05, 0) is 23.3 Å². The Morgan fingerprint density at radius 1 is 1.11 bits per heavy atom. The number of fused-ring (bicyclic) bond motifs is 1. The largest absolute Gasteiger partial charge is 0.493 e. The average Bonchev–Trinajstić information content (AvgIpc) is 3.28. The molecule has 6 heteroatoms. The van der Waals surface area contributed by atoms with Crippen molar-refractivity contribution in [2.75, 3.05) is 25.1 Å². The van der Waals surface area contributed by atoms with Crippen LogP contribution in [-0.2, 0) is 17.6 Å². The van der Waals surface area contributed by atoms with Crippen LogP contribution in [0.5, 0.6) is 11.5 Å². The predicted molar refractivity (Wildman–Crippen MR) is 107 cm³/mol. The molecule has 0 fully saturated rings. The molecule has 0 spiro atoms. The Morgan fingerprint density at radius 2 is 1.89 bits per heavy atom. The summed E-state index contributed by atoms with van der Waals surface area (Å²) in [6.45, 7) is 1.14. The number of amides is 1. The van der Waals surface area contributed by atoms with Crippen molar-refractivity contribution in [3.05, 3.63) is 65.0 Å². The van der Waals surface area contributed by atoms with Crippen molar-refractivity contribution < 1.29 is 14.3 Å². The Morgan fingerprint density at radius 3 is 2.61 bits per heavy atom. The lowest BCUT2D eigenvalue weighted by Gasteiger charge is -2.21. The van der Waals surface area contributed by atoms with E-state index in [0.717, 1.165) is 24.2 Å². The number of carbonyl (C=O) groups is 1. The van der Waals surface area contributed by atoms with Crippen molar-refractivity contribution in [1.29, 1.82) is 0 Å². The summed E-state index contributed by atoms with van der Waals surface area (Å²) >= 11 is 0. The molecule has 0 aromatic heterocycles. The molecule has 142 valence electrons. The number of methoxy groups -OCH3 is 1. The van der Waals surface area contributed by atoms with Gasteiger partial charge in [0.05, 0.1) is 25.9 Å². The molecule has 1 N–H and O–H groups in total. The number of benzene rings is 2. The van der Waals surface area contributed by atoms with E-state index in [9.17, 15) is 4.79 Å². The van der Waals surface area contributed by atoms with E-state index in [1.807, 2.05) is 18.2 Å². The molecule has 1 aliphatic carbocycles. The van der Waals surface area contributed by atoms with Crippen molar-refractivity contribution >= 4 is 17.8 Å². The first kappa shape index (κ1) is 16.9. The lowest BCUT2D eigenvalue weighted by Crippen LogP contribution is -2.27. The van der Waals surface area contributed by atoms with Gasteiger partial charge >= 0.3 is 0 Å². The second-order valence-electron chi connectivity index (χ2n) is 7.16. The van der Waals surface area contributed by atoms with Gasteiger partial charge in [-0.3, -0.25) is 9.79 Å². The number of anilines is 1. The number of nitrogens with zero attached hydrogens (tertiary/aromatic N) is 2. The third-order valence-corrected chi connectivity index (χ3v) is 5.44. The molecule has 0 bridgehead atoms. The fraction of sp³-hybridized carbons (Fsp3) is 0.273. The molecular weight excluding hydrogens is 354 g/mol. The highest BCUT2D eigenvalue weighted by molar-refractivity contribution is 6.10. The van der Waals surface area contributed by atoms with Gasteiger partial charge in [0, 0.05) is 30.8 Å². The number of hydrogen-bond donors (Lipinski definition) is 1. The second kappa shape index (κ2) is 6.71. The molecule has 2 aromatic rings. The number of nitrogens with one attached hydrogen (secondary N) is 1. The second-order valence-corrected chi connectivity index (χ2v) is 7.16. The molecule has 0 atom stereocenters. The van der Waals surface area contributed by atoms with Gasteiger partial charge in [-0.25, -0.2) is 0 Å². The van der Waals surface area contributed by atoms with Crippen molar-refractivity contribution in [2.45, 2.75) is 18.9 Å². The quantitative estimate of drug-likeness (QED) is 0.892. The maximum absolute atomic E-state index is 12.7. The molecule has 2 aliphatic heterocycles. The molecule has 0 saturated heterocycles. The molecule has 28 heavy (non-hydrogen) atoms. The lowest BCUT2D eigenvalue weighted by atomic mass is 10.1. The minimum Gasteiger partial charge on any atom is -0.493 e. The van der Waals surface area contributed by atoms with E-state index in [4.69, 9.17) is 9.47 Å². The minimum atomic E-state index is -0.0946. The molecule has 0 radical (unpaired) electrons. The Kier molecular flexibility index (Phi) is 4.04. The van der Waals surface area contributed by atoms with Gasteiger partial charge in [0.25, 0.3) is 5.91 Å².